The molecule has 2 amide bonds. The van der Waals surface area contributed by atoms with Crippen molar-refractivity contribution in [3.8, 4) is 0 Å². The summed E-state index contributed by atoms with van der Waals surface area (Å²) < 4.78 is 0. The summed E-state index contributed by atoms with van der Waals surface area (Å²) in [4.78, 5) is 32.1. The minimum Gasteiger partial charge on any atom is -0.359 e. The van der Waals surface area contributed by atoms with Crippen LogP contribution in [-0.2, 0) is 11.3 Å². The summed E-state index contributed by atoms with van der Waals surface area (Å²) in [6.45, 7) is 0.683. The third-order valence-electron chi connectivity index (χ3n) is 7.84. The van der Waals surface area contributed by atoms with Crippen LogP contribution in [0.4, 0.5) is 11.5 Å². The lowest BCUT2D eigenvalue weighted by Gasteiger charge is -2.54. The summed E-state index contributed by atoms with van der Waals surface area (Å²) in [6.07, 6.45) is 8.11. The van der Waals surface area contributed by atoms with Gasteiger partial charge in [-0.25, -0.2) is 4.98 Å². The average Bonchev–Trinajstić information content (AvgIpc) is 2.78. The van der Waals surface area contributed by atoms with Crippen LogP contribution in [0.3, 0.4) is 0 Å². The molecule has 4 aliphatic carbocycles. The fourth-order valence-electron chi connectivity index (χ4n) is 6.64. The lowest BCUT2D eigenvalue weighted by molar-refractivity contribution is -0.117. The minimum absolute atomic E-state index is 0.0169. The highest BCUT2D eigenvalue weighted by atomic mass is 16.2. The Labute approximate surface area is 182 Å². The number of amides is 2. The summed E-state index contributed by atoms with van der Waals surface area (Å²) in [7, 11) is 0. The molecule has 0 radical (unpaired) electrons. The van der Waals surface area contributed by atoms with Crippen LogP contribution >= 0.6 is 0 Å². The van der Waals surface area contributed by atoms with Crippen LogP contribution in [0.25, 0.3) is 0 Å². The Hall–Kier alpha value is -2.89. The van der Waals surface area contributed by atoms with Gasteiger partial charge in [-0.3, -0.25) is 9.59 Å². The van der Waals surface area contributed by atoms with E-state index in [1.807, 2.05) is 36.4 Å². The highest BCUT2D eigenvalue weighted by molar-refractivity contribution is 6.04. The molecule has 4 bridgehead atoms. The Bertz CT molecular complexity index is 993. The number of carbonyl (C=O) groups excluding carboxylic acids is 2. The van der Waals surface area contributed by atoms with Crippen molar-refractivity contribution >= 4 is 23.3 Å². The van der Waals surface area contributed by atoms with Crippen LogP contribution in [0, 0.1) is 23.7 Å². The monoisotopic (exact) mass is 416 g/mol. The first-order chi connectivity index (χ1) is 15.1. The van der Waals surface area contributed by atoms with E-state index in [4.69, 9.17) is 0 Å². The Morgan fingerprint density at radius 2 is 1.77 bits per heavy atom. The van der Waals surface area contributed by atoms with Crippen LogP contribution in [0.15, 0.2) is 42.6 Å². The Morgan fingerprint density at radius 3 is 2.48 bits per heavy atom. The van der Waals surface area contributed by atoms with E-state index in [1.165, 1.54) is 32.1 Å². The normalized spacial score (nSPS) is 30.6. The van der Waals surface area contributed by atoms with Gasteiger partial charge in [0.25, 0.3) is 5.91 Å². The molecule has 4 fully saturated rings. The third kappa shape index (κ3) is 3.38. The molecule has 1 aliphatic heterocycles. The van der Waals surface area contributed by atoms with Crippen molar-refractivity contribution in [1.82, 2.24) is 10.3 Å². The zero-order valence-corrected chi connectivity index (χ0v) is 17.6. The molecule has 1 aromatic carbocycles. The standard InChI is InChI=1S/C25H28N4O2/c30-22-13-27-24-21(29(22)14-15-4-2-1-3-5-15)11-20(12-26-24)25(31)28-23-18-7-16-6-17(9-18)10-19(23)8-16/h1-5,11-12,16-19,23H,6-10,13-14H2,(H,26,27)(H,28,31). The first-order valence-electron chi connectivity index (χ1n) is 11.5. The van der Waals surface area contributed by atoms with Gasteiger partial charge in [-0.2, -0.15) is 0 Å². The van der Waals surface area contributed by atoms with Gasteiger partial charge < -0.3 is 15.5 Å². The SMILES string of the molecule is O=C(NC1C2CC3CC(C2)CC1C3)c1cnc2c(c1)N(Cc1ccccc1)C(=O)CN2. The molecule has 1 aromatic heterocycles. The molecule has 0 atom stereocenters. The summed E-state index contributed by atoms with van der Waals surface area (Å²) in [5.74, 6) is 3.59. The molecule has 4 saturated carbocycles. The van der Waals surface area contributed by atoms with E-state index in [-0.39, 0.29) is 24.4 Å². The first kappa shape index (κ1) is 18.8. The van der Waals surface area contributed by atoms with E-state index in [0.29, 0.717) is 35.4 Å². The molecule has 7 rings (SSSR count). The third-order valence-corrected chi connectivity index (χ3v) is 7.84. The number of anilines is 2. The summed E-state index contributed by atoms with van der Waals surface area (Å²) in [6, 6.07) is 12.0. The zero-order chi connectivity index (χ0) is 20.9. The molecule has 2 heterocycles. The minimum atomic E-state index is -0.0644. The van der Waals surface area contributed by atoms with E-state index in [9.17, 15) is 9.59 Å². The van der Waals surface area contributed by atoms with Crippen molar-refractivity contribution in [2.24, 2.45) is 23.7 Å². The summed E-state index contributed by atoms with van der Waals surface area (Å²) >= 11 is 0. The van der Waals surface area contributed by atoms with Crippen molar-refractivity contribution in [2.75, 3.05) is 16.8 Å². The molecule has 2 N–H and O–H groups in total. The molecular formula is C25H28N4O2. The number of nitrogens with zero attached hydrogens (tertiary/aromatic N) is 2. The molecule has 0 spiro atoms. The van der Waals surface area contributed by atoms with Gasteiger partial charge in [0.2, 0.25) is 5.91 Å². The highest BCUT2D eigenvalue weighted by Gasteiger charge is 2.48. The smallest absolute Gasteiger partial charge is 0.253 e. The molecular weight excluding hydrogens is 388 g/mol. The van der Waals surface area contributed by atoms with Gasteiger partial charge in [-0.05, 0) is 67.4 Å². The zero-order valence-electron chi connectivity index (χ0n) is 17.6. The van der Waals surface area contributed by atoms with Crippen LogP contribution in [-0.4, -0.2) is 29.4 Å². The van der Waals surface area contributed by atoms with Crippen LogP contribution in [0.2, 0.25) is 0 Å². The first-order valence-corrected chi connectivity index (χ1v) is 11.5. The Morgan fingerprint density at radius 1 is 1.06 bits per heavy atom. The van der Waals surface area contributed by atoms with Crippen molar-refractivity contribution in [3.63, 3.8) is 0 Å². The van der Waals surface area contributed by atoms with E-state index in [1.54, 1.807) is 11.1 Å². The van der Waals surface area contributed by atoms with Crippen LogP contribution in [0.5, 0.6) is 0 Å². The summed E-state index contributed by atoms with van der Waals surface area (Å²) in [5, 5.41) is 6.44. The van der Waals surface area contributed by atoms with Gasteiger partial charge in [0.05, 0.1) is 24.3 Å². The topological polar surface area (TPSA) is 74.3 Å². The Balaban J connectivity index is 1.24. The van der Waals surface area contributed by atoms with Crippen molar-refractivity contribution in [3.05, 3.63) is 53.7 Å². The average molecular weight is 417 g/mol. The lowest BCUT2D eigenvalue weighted by Crippen LogP contribution is -2.55. The van der Waals surface area contributed by atoms with E-state index in [0.717, 1.165) is 17.4 Å². The molecule has 2 aromatic rings. The molecule has 31 heavy (non-hydrogen) atoms. The second kappa shape index (κ2) is 7.36. The number of rotatable bonds is 4. The van der Waals surface area contributed by atoms with Gasteiger partial charge >= 0.3 is 0 Å². The maximum absolute atomic E-state index is 13.2. The lowest BCUT2D eigenvalue weighted by atomic mass is 9.54. The molecule has 5 aliphatic rings. The second-order valence-corrected chi connectivity index (χ2v) is 9.84. The van der Waals surface area contributed by atoms with Crippen molar-refractivity contribution in [2.45, 2.75) is 44.7 Å². The predicted molar refractivity (Wildman–Crippen MR) is 119 cm³/mol. The molecule has 6 heteroatoms. The second-order valence-electron chi connectivity index (χ2n) is 9.84. The van der Waals surface area contributed by atoms with Gasteiger partial charge in [0, 0.05) is 12.2 Å². The van der Waals surface area contributed by atoms with Gasteiger partial charge in [-0.1, -0.05) is 30.3 Å². The fraction of sp³-hybridized carbons (Fsp3) is 0.480. The van der Waals surface area contributed by atoms with E-state index in [2.05, 4.69) is 15.6 Å². The number of nitrogens with one attached hydrogen (secondary N) is 2. The largest absolute Gasteiger partial charge is 0.359 e. The van der Waals surface area contributed by atoms with Crippen molar-refractivity contribution < 1.29 is 9.59 Å². The van der Waals surface area contributed by atoms with Crippen molar-refractivity contribution in [1.29, 1.82) is 0 Å². The Kier molecular flexibility index (Phi) is 4.47. The van der Waals surface area contributed by atoms with Crippen LogP contribution < -0.4 is 15.5 Å². The number of fused-ring (bicyclic) bond motifs is 1. The summed E-state index contributed by atoms with van der Waals surface area (Å²) in [5.41, 5.74) is 2.26. The number of benzene rings is 1. The molecule has 0 saturated heterocycles. The van der Waals surface area contributed by atoms with Crippen LogP contribution in [0.1, 0.15) is 48.0 Å². The highest BCUT2D eigenvalue weighted by Crippen LogP contribution is 2.53. The number of aromatic nitrogens is 1. The maximum atomic E-state index is 13.2. The quantitative estimate of drug-likeness (QED) is 0.799. The van der Waals surface area contributed by atoms with E-state index >= 15 is 0 Å². The van der Waals surface area contributed by atoms with Gasteiger partial charge in [0.1, 0.15) is 0 Å². The van der Waals surface area contributed by atoms with Gasteiger partial charge in [0.15, 0.2) is 5.82 Å². The number of hydrogen-bond acceptors (Lipinski definition) is 4. The molecule has 0 unspecified atom stereocenters. The fourth-order valence-corrected chi connectivity index (χ4v) is 6.64. The molecule has 160 valence electrons. The van der Waals surface area contributed by atoms with Gasteiger partial charge in [-0.15, -0.1) is 0 Å². The number of hydrogen-bond donors (Lipinski definition) is 2. The maximum Gasteiger partial charge on any atom is 0.253 e. The number of pyridine rings is 1. The molecule has 6 nitrogen and oxygen atoms in total. The predicted octanol–water partition coefficient (Wildman–Crippen LogP) is 3.59. The van der Waals surface area contributed by atoms with E-state index < -0.39 is 0 Å². The number of carbonyl (C=O) groups is 2.